The number of benzene rings is 1. The summed E-state index contributed by atoms with van der Waals surface area (Å²) in [6, 6.07) is 1.48. The molecule has 0 fully saturated rings. The minimum atomic E-state index is -3.85. The number of nitrogens with one attached hydrogen (secondary N) is 1. The normalized spacial score (nSPS) is 14.3. The number of anilines is 1. The zero-order valence-electron chi connectivity index (χ0n) is 12.9. The average Bonchev–Trinajstić information content (AvgIpc) is 2.41. The van der Waals surface area contributed by atoms with Crippen LogP contribution in [0.15, 0.2) is 18.2 Å². The van der Waals surface area contributed by atoms with Gasteiger partial charge >= 0.3 is 0 Å². The third kappa shape index (κ3) is 4.40. The maximum atomic E-state index is 13.4. The number of carbonyl (C=O) groups is 1. The first-order valence-corrected chi connectivity index (χ1v) is 8.67. The van der Waals surface area contributed by atoms with E-state index in [1.165, 1.54) is 6.92 Å². The third-order valence-electron chi connectivity index (χ3n) is 3.25. The Hall–Kier alpha value is -1.70. The summed E-state index contributed by atoms with van der Waals surface area (Å²) in [4.78, 5) is 12.1. The first kappa shape index (κ1) is 18.3. The van der Waals surface area contributed by atoms with E-state index in [-0.39, 0.29) is 11.7 Å². The molecule has 1 aromatic carbocycles. The number of hydrogen-bond donors (Lipinski definition) is 1. The lowest BCUT2D eigenvalue weighted by molar-refractivity contribution is -0.122. The Kier molecular flexibility index (Phi) is 5.87. The van der Waals surface area contributed by atoms with Gasteiger partial charge in [0, 0.05) is 12.1 Å². The largest absolute Gasteiger partial charge is 0.352 e. The van der Waals surface area contributed by atoms with Crippen molar-refractivity contribution in [2.24, 2.45) is 0 Å². The molecule has 0 aliphatic heterocycles. The highest BCUT2D eigenvalue weighted by molar-refractivity contribution is 7.92. The molecule has 0 saturated heterocycles. The average molecular weight is 334 g/mol. The molecule has 22 heavy (non-hydrogen) atoms. The minimum absolute atomic E-state index is 0.104. The van der Waals surface area contributed by atoms with E-state index in [4.69, 9.17) is 0 Å². The number of nitrogens with zero attached hydrogens (tertiary/aromatic N) is 1. The van der Waals surface area contributed by atoms with E-state index in [1.54, 1.807) is 6.92 Å². The van der Waals surface area contributed by atoms with Crippen molar-refractivity contribution in [2.45, 2.75) is 39.3 Å². The van der Waals surface area contributed by atoms with Crippen molar-refractivity contribution >= 4 is 21.6 Å². The van der Waals surface area contributed by atoms with Gasteiger partial charge < -0.3 is 5.32 Å². The quantitative estimate of drug-likeness (QED) is 0.866. The SMILES string of the molecule is CC[C@H](C)NC(=O)[C@H](C)N(c1ccc(F)c(F)c1)S(C)(=O)=O. The van der Waals surface area contributed by atoms with Crippen LogP contribution in [0.1, 0.15) is 27.2 Å². The van der Waals surface area contributed by atoms with Crippen LogP contribution in [0, 0.1) is 11.6 Å². The van der Waals surface area contributed by atoms with Gasteiger partial charge in [-0.3, -0.25) is 9.10 Å². The third-order valence-corrected chi connectivity index (χ3v) is 4.49. The lowest BCUT2D eigenvalue weighted by Crippen LogP contribution is -2.49. The molecule has 0 aliphatic carbocycles. The molecule has 0 bridgehead atoms. The smallest absolute Gasteiger partial charge is 0.243 e. The molecule has 8 heteroatoms. The zero-order valence-corrected chi connectivity index (χ0v) is 13.7. The summed E-state index contributed by atoms with van der Waals surface area (Å²) in [6.07, 6.45) is 1.59. The van der Waals surface area contributed by atoms with Crippen molar-refractivity contribution in [1.82, 2.24) is 5.32 Å². The highest BCUT2D eigenvalue weighted by atomic mass is 32.2. The first-order valence-electron chi connectivity index (χ1n) is 6.82. The number of rotatable bonds is 6. The molecule has 0 aromatic heterocycles. The second-order valence-electron chi connectivity index (χ2n) is 5.15. The maximum Gasteiger partial charge on any atom is 0.243 e. The van der Waals surface area contributed by atoms with Crippen molar-refractivity contribution in [3.63, 3.8) is 0 Å². The molecule has 1 N–H and O–H groups in total. The Bertz CT molecular complexity index is 649. The molecule has 5 nitrogen and oxygen atoms in total. The van der Waals surface area contributed by atoms with Gasteiger partial charge in [-0.25, -0.2) is 17.2 Å². The van der Waals surface area contributed by atoms with Gasteiger partial charge in [-0.2, -0.15) is 0 Å². The predicted molar refractivity (Wildman–Crippen MR) is 81.0 cm³/mol. The highest BCUT2D eigenvalue weighted by Gasteiger charge is 2.30. The molecule has 1 rings (SSSR count). The van der Waals surface area contributed by atoms with Crippen LogP contribution < -0.4 is 9.62 Å². The summed E-state index contributed by atoms with van der Waals surface area (Å²) in [5.41, 5.74) is -0.104. The molecule has 0 heterocycles. The second-order valence-corrected chi connectivity index (χ2v) is 7.01. The van der Waals surface area contributed by atoms with E-state index >= 15 is 0 Å². The standard InChI is InChI=1S/C14H20F2N2O3S/c1-5-9(2)17-14(19)10(3)18(22(4,20)21)11-6-7-12(15)13(16)8-11/h6-10H,5H2,1-4H3,(H,17,19)/t9-,10-/m0/s1. The van der Waals surface area contributed by atoms with Crippen LogP contribution in [0.25, 0.3) is 0 Å². The van der Waals surface area contributed by atoms with Crippen LogP contribution in [0.2, 0.25) is 0 Å². The van der Waals surface area contributed by atoms with E-state index in [9.17, 15) is 22.0 Å². The minimum Gasteiger partial charge on any atom is -0.352 e. The van der Waals surface area contributed by atoms with Gasteiger partial charge in [0.1, 0.15) is 6.04 Å². The monoisotopic (exact) mass is 334 g/mol. The van der Waals surface area contributed by atoms with Crippen LogP contribution in [-0.4, -0.2) is 32.7 Å². The van der Waals surface area contributed by atoms with Gasteiger partial charge in [0.2, 0.25) is 15.9 Å². The number of carbonyl (C=O) groups excluding carboxylic acids is 1. The zero-order chi connectivity index (χ0) is 17.1. The predicted octanol–water partition coefficient (Wildman–Crippen LogP) is 2.03. The number of hydrogen-bond acceptors (Lipinski definition) is 3. The first-order chi connectivity index (χ1) is 10.1. The van der Waals surface area contributed by atoms with Crippen LogP contribution in [0.5, 0.6) is 0 Å². The lowest BCUT2D eigenvalue weighted by atomic mass is 10.2. The molecule has 2 atom stereocenters. The number of sulfonamides is 1. The Morgan fingerprint density at radius 1 is 1.27 bits per heavy atom. The lowest BCUT2D eigenvalue weighted by Gasteiger charge is -2.29. The van der Waals surface area contributed by atoms with Gasteiger partial charge in [-0.15, -0.1) is 0 Å². The fourth-order valence-corrected chi connectivity index (χ4v) is 3.06. The summed E-state index contributed by atoms with van der Waals surface area (Å²) in [6.45, 7) is 5.05. The van der Waals surface area contributed by atoms with Crippen molar-refractivity contribution < 1.29 is 22.0 Å². The van der Waals surface area contributed by atoms with Crippen molar-refractivity contribution in [1.29, 1.82) is 0 Å². The van der Waals surface area contributed by atoms with Crippen molar-refractivity contribution in [2.75, 3.05) is 10.6 Å². The van der Waals surface area contributed by atoms with Gasteiger partial charge in [0.15, 0.2) is 11.6 Å². The molecular formula is C14H20F2N2O3S. The van der Waals surface area contributed by atoms with E-state index in [1.807, 2.05) is 6.92 Å². The molecule has 0 spiro atoms. The van der Waals surface area contributed by atoms with Gasteiger partial charge in [0.05, 0.1) is 11.9 Å². The fraction of sp³-hybridized carbons (Fsp3) is 0.500. The van der Waals surface area contributed by atoms with Crippen LogP contribution in [-0.2, 0) is 14.8 Å². The topological polar surface area (TPSA) is 66.5 Å². The Balaban J connectivity index is 3.19. The summed E-state index contributed by atoms with van der Waals surface area (Å²) >= 11 is 0. The molecule has 0 saturated carbocycles. The van der Waals surface area contributed by atoms with Gasteiger partial charge in [0.25, 0.3) is 0 Å². The van der Waals surface area contributed by atoms with Crippen LogP contribution >= 0.6 is 0 Å². The Morgan fingerprint density at radius 3 is 2.32 bits per heavy atom. The van der Waals surface area contributed by atoms with E-state index in [0.29, 0.717) is 6.42 Å². The Labute approximate surface area is 129 Å². The summed E-state index contributed by atoms with van der Waals surface area (Å²) in [7, 11) is -3.85. The second kappa shape index (κ2) is 7.04. The van der Waals surface area contributed by atoms with E-state index < -0.39 is 33.6 Å². The molecule has 1 aromatic rings. The molecule has 0 radical (unpaired) electrons. The fourth-order valence-electron chi connectivity index (χ4n) is 1.90. The Morgan fingerprint density at radius 2 is 1.86 bits per heavy atom. The number of amides is 1. The summed E-state index contributed by atoms with van der Waals surface area (Å²) in [5.74, 6) is -2.78. The van der Waals surface area contributed by atoms with E-state index in [0.717, 1.165) is 28.8 Å². The molecular weight excluding hydrogens is 314 g/mol. The van der Waals surface area contributed by atoms with E-state index in [2.05, 4.69) is 5.32 Å². The highest BCUT2D eigenvalue weighted by Crippen LogP contribution is 2.23. The molecule has 1 amide bonds. The summed E-state index contributed by atoms with van der Waals surface area (Å²) in [5, 5.41) is 2.66. The summed E-state index contributed by atoms with van der Waals surface area (Å²) < 4.78 is 51.1. The molecule has 124 valence electrons. The maximum absolute atomic E-state index is 13.4. The van der Waals surface area contributed by atoms with Crippen molar-refractivity contribution in [3.05, 3.63) is 29.8 Å². The van der Waals surface area contributed by atoms with Crippen molar-refractivity contribution in [3.8, 4) is 0 Å². The molecule has 0 aliphatic rings. The number of halogens is 2. The van der Waals surface area contributed by atoms with Crippen LogP contribution in [0.4, 0.5) is 14.5 Å². The van der Waals surface area contributed by atoms with Gasteiger partial charge in [-0.05, 0) is 32.4 Å². The van der Waals surface area contributed by atoms with Crippen LogP contribution in [0.3, 0.4) is 0 Å². The molecule has 0 unspecified atom stereocenters. The van der Waals surface area contributed by atoms with Gasteiger partial charge in [-0.1, -0.05) is 6.92 Å².